The van der Waals surface area contributed by atoms with E-state index < -0.39 is 52.9 Å². The molecule has 3 aliphatic heterocycles. The molecule has 5 aromatic rings. The summed E-state index contributed by atoms with van der Waals surface area (Å²) in [5.41, 5.74) is 2.05. The summed E-state index contributed by atoms with van der Waals surface area (Å²) < 4.78 is 84.2. The average molecular weight is 1030 g/mol. The molecule has 2 aliphatic carbocycles. The van der Waals surface area contributed by atoms with Crippen molar-refractivity contribution in [2.24, 2.45) is 11.3 Å². The minimum Gasteiger partial charge on any atom is -0.489 e. The number of hydrogen-bond acceptors (Lipinski definition) is 14. The Morgan fingerprint density at radius 1 is 1.01 bits per heavy atom. The Hall–Kier alpha value is -5.87. The minimum absolute atomic E-state index is 0.0264. The molecule has 5 heterocycles. The predicted molar refractivity (Wildman–Crippen MR) is 269 cm³/mol. The normalized spacial score (nSPS) is 24.0. The van der Waals surface area contributed by atoms with E-state index in [1.165, 1.54) is 35.7 Å². The number of aromatic amines is 1. The van der Waals surface area contributed by atoms with Gasteiger partial charge < -0.3 is 29.8 Å². The number of ether oxygens (including phenoxy) is 2. The average Bonchev–Trinajstić information content (AvgIpc) is 3.71. The lowest BCUT2D eigenvalue weighted by atomic mass is 9.59. The molecule has 384 valence electrons. The summed E-state index contributed by atoms with van der Waals surface area (Å²) in [6, 6.07) is 16.6. The van der Waals surface area contributed by atoms with Gasteiger partial charge in [-0.25, -0.2) is 30.9 Å². The van der Waals surface area contributed by atoms with Crippen LogP contribution >= 0.6 is 0 Å². The zero-order valence-electron chi connectivity index (χ0n) is 40.8. The van der Waals surface area contributed by atoms with E-state index in [2.05, 4.69) is 55.8 Å². The Kier molecular flexibility index (Phi) is 13.0. The van der Waals surface area contributed by atoms with Crippen molar-refractivity contribution in [1.29, 1.82) is 0 Å². The first kappa shape index (κ1) is 49.7. The number of benzene rings is 3. The number of amides is 1. The van der Waals surface area contributed by atoms with Gasteiger partial charge >= 0.3 is 0 Å². The summed E-state index contributed by atoms with van der Waals surface area (Å²) in [5, 5.41) is 26.2. The molecule has 2 saturated carbocycles. The number of nitrogens with zero attached hydrogens (tertiary/aromatic N) is 5. The maximum Gasteiger partial charge on any atom is 0.297 e. The highest BCUT2D eigenvalue weighted by atomic mass is 32.2. The number of pyridine rings is 1. The van der Waals surface area contributed by atoms with Gasteiger partial charge in [-0.05, 0) is 105 Å². The summed E-state index contributed by atoms with van der Waals surface area (Å²) in [7, 11) is -8.13. The largest absolute Gasteiger partial charge is 0.489 e. The first-order chi connectivity index (χ1) is 34.2. The van der Waals surface area contributed by atoms with Crippen LogP contribution in [0.1, 0.15) is 106 Å². The molecule has 18 nitrogen and oxygen atoms in total. The van der Waals surface area contributed by atoms with E-state index in [-0.39, 0.29) is 75.5 Å². The van der Waals surface area contributed by atoms with Gasteiger partial charge in [0.05, 0.1) is 44.9 Å². The van der Waals surface area contributed by atoms with Crippen LogP contribution in [0.5, 0.6) is 17.2 Å². The van der Waals surface area contributed by atoms with Gasteiger partial charge in [-0.15, -0.1) is 0 Å². The van der Waals surface area contributed by atoms with E-state index in [0.717, 1.165) is 44.0 Å². The molecule has 2 aromatic heterocycles. The SMILES string of the molecule is CC(C)c1ccccc1[C@@H]1CN(S(C)(=O)=O)CCN1C1CC2(CCN(c3ccc(C(=O)NS(=O)(=O)c4cc5c(c([N+](=O)[O-])c4)N[C@@H](C4CCC(C)(O)CC4)CO5)c(Oc4cnc5[nH]cc(F)c5c4)c3)CC2)C1. The Labute approximate surface area is 418 Å². The number of piperazine rings is 1. The Morgan fingerprint density at radius 2 is 1.75 bits per heavy atom. The topological polar surface area (TPSA) is 230 Å². The van der Waals surface area contributed by atoms with Crippen LogP contribution in [0.2, 0.25) is 0 Å². The molecular weight excluding hydrogens is 968 g/mol. The number of nitro benzene ring substituents is 1. The highest BCUT2D eigenvalue weighted by Crippen LogP contribution is 2.54. The van der Waals surface area contributed by atoms with Crippen molar-refractivity contribution in [2.75, 3.05) is 55.8 Å². The molecule has 21 heteroatoms. The third kappa shape index (κ3) is 9.84. The number of hydrogen-bond donors (Lipinski definition) is 4. The lowest BCUT2D eigenvalue weighted by Gasteiger charge is -2.58. The van der Waals surface area contributed by atoms with Crippen LogP contribution in [0.4, 0.5) is 21.5 Å². The number of sulfonamides is 2. The van der Waals surface area contributed by atoms with Gasteiger partial charge in [0.25, 0.3) is 21.6 Å². The number of H-pyrrole nitrogens is 1. The van der Waals surface area contributed by atoms with Crippen molar-refractivity contribution in [3.63, 3.8) is 0 Å². The summed E-state index contributed by atoms with van der Waals surface area (Å²) >= 11 is 0. The van der Waals surface area contributed by atoms with Crippen molar-refractivity contribution in [3.05, 3.63) is 106 Å². The number of halogens is 1. The fourth-order valence-corrected chi connectivity index (χ4v) is 13.6. The molecule has 1 amide bonds. The van der Waals surface area contributed by atoms with Gasteiger partial charge in [0.2, 0.25) is 10.0 Å². The highest BCUT2D eigenvalue weighted by molar-refractivity contribution is 7.90. The summed E-state index contributed by atoms with van der Waals surface area (Å²) in [6.07, 6.45) is 10.1. The van der Waals surface area contributed by atoms with Crippen molar-refractivity contribution in [1.82, 2.24) is 23.9 Å². The monoisotopic (exact) mass is 1030 g/mol. The second-order valence-electron chi connectivity index (χ2n) is 21.1. The molecule has 0 unspecified atom stereocenters. The maximum absolute atomic E-state index is 14.7. The van der Waals surface area contributed by atoms with Crippen molar-refractivity contribution >= 4 is 54.0 Å². The molecule has 1 spiro atoms. The van der Waals surface area contributed by atoms with Crippen molar-refractivity contribution in [3.8, 4) is 17.2 Å². The quantitative estimate of drug-likeness (QED) is 0.0690. The molecule has 4 N–H and O–H groups in total. The van der Waals surface area contributed by atoms with Gasteiger partial charge in [0.1, 0.15) is 29.6 Å². The second kappa shape index (κ2) is 18.9. The standard InChI is InChI=1S/C51H61FN8O10S2/c1-31(2)37-7-5-6-8-38(37)44-29-58(71(4,65)66)19-20-59(44)34-25-51(26-34)15-17-57(18-16-51)33-9-10-39(45(21-33)70-35-22-40-41(52)28-54-48(40)53-27-35)49(61)56-72(67,68)36-23-43(60(63)64)47-46(24-36)69-30-42(55-47)32-11-13-50(3,62)14-12-32/h5-10,21-24,27-28,31-32,34,42,44,55,62H,11-20,25-26,29-30H2,1-4H3,(H,53,54)(H,56,61)/t32?,42-,44+,50?/m1/s1. The number of carbonyl (C=O) groups is 1. The number of nitrogens with one attached hydrogen (secondary N) is 3. The molecule has 3 aromatic carbocycles. The first-order valence-electron chi connectivity index (χ1n) is 24.7. The minimum atomic E-state index is -4.75. The van der Waals surface area contributed by atoms with Gasteiger partial charge in [-0.1, -0.05) is 38.1 Å². The second-order valence-corrected chi connectivity index (χ2v) is 24.8. The molecular formula is C51H61FN8O10S2. The summed E-state index contributed by atoms with van der Waals surface area (Å²) in [5.74, 6) is -1.27. The number of piperidine rings is 1. The fourth-order valence-electron chi connectivity index (χ4n) is 11.8. The first-order valence-corrected chi connectivity index (χ1v) is 28.0. The summed E-state index contributed by atoms with van der Waals surface area (Å²) in [4.78, 5) is 37.0. The molecule has 10 rings (SSSR count). The number of rotatable bonds is 12. The number of aromatic nitrogens is 2. The lowest BCUT2D eigenvalue weighted by molar-refractivity contribution is -0.384. The Bertz CT molecular complexity index is 3140. The number of fused-ring (bicyclic) bond motifs is 2. The van der Waals surface area contributed by atoms with Crippen LogP contribution in [-0.2, 0) is 20.0 Å². The number of aliphatic hydroxyl groups is 1. The molecule has 4 fully saturated rings. The van der Waals surface area contributed by atoms with Gasteiger partial charge in [0, 0.05) is 74.9 Å². The maximum atomic E-state index is 14.7. The molecule has 0 radical (unpaired) electrons. The smallest absolute Gasteiger partial charge is 0.297 e. The van der Waals surface area contributed by atoms with E-state index in [4.69, 9.17) is 9.47 Å². The van der Waals surface area contributed by atoms with Crippen LogP contribution in [0.15, 0.2) is 78.0 Å². The van der Waals surface area contributed by atoms with Crippen LogP contribution in [0.3, 0.4) is 0 Å². The fraction of sp³-hybridized carbons (Fsp3) is 0.490. The number of nitro groups is 1. The van der Waals surface area contributed by atoms with E-state index in [1.807, 2.05) is 12.1 Å². The zero-order valence-corrected chi connectivity index (χ0v) is 42.4. The Morgan fingerprint density at radius 3 is 2.46 bits per heavy atom. The van der Waals surface area contributed by atoms with Crippen LogP contribution < -0.4 is 24.4 Å². The van der Waals surface area contributed by atoms with Crippen molar-refractivity contribution in [2.45, 2.75) is 107 Å². The number of carbonyl (C=O) groups excluding carboxylic acids is 1. The number of anilines is 2. The van der Waals surface area contributed by atoms with E-state index in [0.29, 0.717) is 70.1 Å². The van der Waals surface area contributed by atoms with E-state index >= 15 is 0 Å². The van der Waals surface area contributed by atoms with E-state index in [9.17, 15) is 41.2 Å². The zero-order chi connectivity index (χ0) is 50.9. The Balaban J connectivity index is 0.866. The van der Waals surface area contributed by atoms with Crippen molar-refractivity contribution < 1.29 is 45.5 Å². The highest BCUT2D eigenvalue weighted by Gasteiger charge is 2.50. The van der Waals surface area contributed by atoms with E-state index in [1.54, 1.807) is 23.4 Å². The molecule has 2 atom stereocenters. The lowest BCUT2D eigenvalue weighted by Crippen LogP contribution is -2.60. The molecule has 5 aliphatic rings. The van der Waals surface area contributed by atoms with Crippen LogP contribution in [0, 0.1) is 27.3 Å². The molecule has 72 heavy (non-hydrogen) atoms. The molecule has 0 bridgehead atoms. The third-order valence-electron chi connectivity index (χ3n) is 15.9. The van der Waals surface area contributed by atoms with Crippen LogP contribution in [0.25, 0.3) is 11.0 Å². The van der Waals surface area contributed by atoms with Gasteiger partial charge in [-0.2, -0.15) is 4.31 Å². The molecule has 2 saturated heterocycles. The predicted octanol–water partition coefficient (Wildman–Crippen LogP) is 7.83. The van der Waals surface area contributed by atoms with Crippen LogP contribution in [-0.4, -0.2) is 115 Å². The van der Waals surface area contributed by atoms with Gasteiger partial charge in [0.15, 0.2) is 11.4 Å². The van der Waals surface area contributed by atoms with Gasteiger partial charge in [-0.3, -0.25) is 19.8 Å². The third-order valence-corrected chi connectivity index (χ3v) is 18.5. The summed E-state index contributed by atoms with van der Waals surface area (Å²) in [6.45, 7) is 9.11.